The molecule has 2 aromatic heterocycles. The van der Waals surface area contributed by atoms with Gasteiger partial charge in [0.25, 0.3) is 0 Å². The molecule has 2 aromatic rings. The van der Waals surface area contributed by atoms with Crippen LogP contribution in [-0.4, -0.2) is 38.2 Å². The molecule has 2 amide bonds. The Kier molecular flexibility index (Phi) is 4.86. The summed E-state index contributed by atoms with van der Waals surface area (Å²) in [5.74, 6) is -0.944. The second-order valence-electron chi connectivity index (χ2n) is 4.29. The quantitative estimate of drug-likeness (QED) is 0.726. The van der Waals surface area contributed by atoms with Crippen molar-refractivity contribution in [3.63, 3.8) is 0 Å². The van der Waals surface area contributed by atoms with Gasteiger partial charge in [0.15, 0.2) is 0 Å². The molecule has 2 heterocycles. The van der Waals surface area contributed by atoms with Crippen LogP contribution in [0.2, 0.25) is 0 Å². The molecule has 110 valence electrons. The lowest BCUT2D eigenvalue weighted by Gasteiger charge is -2.08. The Morgan fingerprint density at radius 1 is 1.33 bits per heavy atom. The van der Waals surface area contributed by atoms with Crippen molar-refractivity contribution >= 4 is 17.7 Å². The highest BCUT2D eigenvalue weighted by Gasteiger charge is 2.04. The number of hydrogen-bond acceptors (Lipinski definition) is 4. The first-order valence-corrected chi connectivity index (χ1v) is 6.31. The number of nitrogens with one attached hydrogen (secondary N) is 2. The van der Waals surface area contributed by atoms with Crippen molar-refractivity contribution in [1.29, 1.82) is 0 Å². The van der Waals surface area contributed by atoms with Crippen molar-refractivity contribution in [3.8, 4) is 0 Å². The first-order chi connectivity index (χ1) is 10.1. The molecule has 0 fully saturated rings. The van der Waals surface area contributed by atoms with E-state index in [-0.39, 0.29) is 12.5 Å². The number of carbonyl (C=O) groups excluding carboxylic acids is 1. The number of hydrogen-bond donors (Lipinski definition) is 3. The second-order valence-corrected chi connectivity index (χ2v) is 4.29. The summed E-state index contributed by atoms with van der Waals surface area (Å²) in [5, 5.41) is 13.9. The summed E-state index contributed by atoms with van der Waals surface area (Å²) in [6.45, 7) is 1.09. The van der Waals surface area contributed by atoms with E-state index in [9.17, 15) is 9.59 Å². The van der Waals surface area contributed by atoms with Crippen LogP contribution in [-0.2, 0) is 17.8 Å². The molecule has 0 saturated carbocycles. The van der Waals surface area contributed by atoms with Crippen molar-refractivity contribution in [3.05, 3.63) is 42.7 Å². The number of carboxylic acids is 1. The maximum absolute atomic E-state index is 11.6. The Balaban J connectivity index is 1.75. The molecule has 3 N–H and O–H groups in total. The first kappa shape index (κ1) is 14.5. The Labute approximate surface area is 120 Å². The zero-order chi connectivity index (χ0) is 15.1. The summed E-state index contributed by atoms with van der Waals surface area (Å²) in [6, 6.07) is 2.83. The lowest BCUT2D eigenvalue weighted by molar-refractivity contribution is -0.136. The summed E-state index contributed by atoms with van der Waals surface area (Å²) < 4.78 is 1.85. The molecule has 0 aromatic carbocycles. The molecule has 0 unspecified atom stereocenters. The number of rotatable bonds is 6. The number of nitrogens with zero attached hydrogens (tertiary/aromatic N) is 3. The van der Waals surface area contributed by atoms with Gasteiger partial charge in [-0.15, -0.1) is 0 Å². The fourth-order valence-corrected chi connectivity index (χ4v) is 1.65. The zero-order valence-corrected chi connectivity index (χ0v) is 11.2. The summed E-state index contributed by atoms with van der Waals surface area (Å²) >= 11 is 0. The van der Waals surface area contributed by atoms with Gasteiger partial charge in [0, 0.05) is 25.5 Å². The maximum Gasteiger partial charge on any atom is 0.319 e. The number of aromatic nitrogens is 3. The Morgan fingerprint density at radius 2 is 2.19 bits per heavy atom. The fraction of sp³-hybridized carbons (Fsp3) is 0.231. The van der Waals surface area contributed by atoms with Crippen LogP contribution in [0.15, 0.2) is 37.1 Å². The van der Waals surface area contributed by atoms with Crippen LogP contribution in [0, 0.1) is 0 Å². The standard InChI is InChI=1S/C13H15N5O3/c19-12(20)7-10-1-2-11(8-16-10)17-13(21)15-4-6-18-5-3-14-9-18/h1-3,5,8-9H,4,6-7H2,(H,19,20)(H2,15,17,21). The highest BCUT2D eigenvalue weighted by atomic mass is 16.4. The molecule has 8 heteroatoms. The minimum absolute atomic E-state index is 0.141. The number of amides is 2. The third kappa shape index (κ3) is 4.94. The Hall–Kier alpha value is -2.90. The largest absolute Gasteiger partial charge is 0.481 e. The fourth-order valence-electron chi connectivity index (χ4n) is 1.65. The average Bonchev–Trinajstić information content (AvgIpc) is 2.93. The Bertz CT molecular complexity index is 595. The van der Waals surface area contributed by atoms with Crippen molar-refractivity contribution < 1.29 is 14.7 Å². The van der Waals surface area contributed by atoms with E-state index >= 15 is 0 Å². The summed E-state index contributed by atoms with van der Waals surface area (Å²) in [4.78, 5) is 30.0. The molecular formula is C13H15N5O3. The molecule has 0 aliphatic carbocycles. The molecule has 0 bridgehead atoms. The molecule has 21 heavy (non-hydrogen) atoms. The number of imidazole rings is 1. The first-order valence-electron chi connectivity index (χ1n) is 6.31. The molecule has 0 aliphatic heterocycles. The highest BCUT2D eigenvalue weighted by Crippen LogP contribution is 2.06. The molecule has 0 saturated heterocycles. The lowest BCUT2D eigenvalue weighted by Crippen LogP contribution is -2.31. The number of urea groups is 1. The van der Waals surface area contributed by atoms with Gasteiger partial charge in [-0.25, -0.2) is 9.78 Å². The van der Waals surface area contributed by atoms with E-state index in [1.807, 2.05) is 10.8 Å². The summed E-state index contributed by atoms with van der Waals surface area (Å²) in [6.07, 6.45) is 6.44. The second kappa shape index (κ2) is 7.04. The molecule has 2 rings (SSSR count). The van der Waals surface area contributed by atoms with Gasteiger partial charge in [-0.3, -0.25) is 9.78 Å². The van der Waals surface area contributed by atoms with E-state index in [2.05, 4.69) is 20.6 Å². The highest BCUT2D eigenvalue weighted by molar-refractivity contribution is 5.88. The molecule has 0 atom stereocenters. The molecule has 0 radical (unpaired) electrons. The van der Waals surface area contributed by atoms with E-state index in [0.29, 0.717) is 24.5 Å². The van der Waals surface area contributed by atoms with E-state index in [4.69, 9.17) is 5.11 Å². The smallest absolute Gasteiger partial charge is 0.319 e. The number of carboxylic acid groups (broad SMARTS) is 1. The third-order valence-corrected chi connectivity index (χ3v) is 2.63. The van der Waals surface area contributed by atoms with E-state index in [1.54, 1.807) is 24.7 Å². The van der Waals surface area contributed by atoms with Gasteiger partial charge >= 0.3 is 12.0 Å². The van der Waals surface area contributed by atoms with E-state index in [0.717, 1.165) is 0 Å². The average molecular weight is 289 g/mol. The number of carbonyl (C=O) groups is 2. The zero-order valence-electron chi connectivity index (χ0n) is 11.2. The van der Waals surface area contributed by atoms with Gasteiger partial charge in [-0.1, -0.05) is 0 Å². The predicted molar refractivity (Wildman–Crippen MR) is 74.8 cm³/mol. The minimum Gasteiger partial charge on any atom is -0.481 e. The van der Waals surface area contributed by atoms with E-state index < -0.39 is 5.97 Å². The number of aliphatic carboxylic acids is 1. The minimum atomic E-state index is -0.944. The lowest BCUT2D eigenvalue weighted by atomic mass is 10.2. The van der Waals surface area contributed by atoms with Crippen LogP contribution in [0.1, 0.15) is 5.69 Å². The number of anilines is 1. The summed E-state index contributed by atoms with van der Waals surface area (Å²) in [7, 11) is 0. The van der Waals surface area contributed by atoms with Crippen LogP contribution < -0.4 is 10.6 Å². The van der Waals surface area contributed by atoms with Crippen molar-refractivity contribution in [2.24, 2.45) is 0 Å². The van der Waals surface area contributed by atoms with Crippen LogP contribution in [0.5, 0.6) is 0 Å². The maximum atomic E-state index is 11.6. The predicted octanol–water partition coefficient (Wildman–Crippen LogP) is 0.727. The normalized spacial score (nSPS) is 10.1. The van der Waals surface area contributed by atoms with Gasteiger partial charge in [0.2, 0.25) is 0 Å². The third-order valence-electron chi connectivity index (χ3n) is 2.63. The molecular weight excluding hydrogens is 274 g/mol. The topological polar surface area (TPSA) is 109 Å². The monoisotopic (exact) mass is 289 g/mol. The van der Waals surface area contributed by atoms with Gasteiger partial charge in [-0.2, -0.15) is 0 Å². The van der Waals surface area contributed by atoms with Gasteiger partial charge in [0.05, 0.1) is 30.3 Å². The van der Waals surface area contributed by atoms with Crippen LogP contribution in [0.25, 0.3) is 0 Å². The van der Waals surface area contributed by atoms with Crippen LogP contribution in [0.4, 0.5) is 10.5 Å². The van der Waals surface area contributed by atoms with Crippen LogP contribution in [0.3, 0.4) is 0 Å². The van der Waals surface area contributed by atoms with Crippen LogP contribution >= 0.6 is 0 Å². The molecule has 8 nitrogen and oxygen atoms in total. The SMILES string of the molecule is O=C(O)Cc1ccc(NC(=O)NCCn2ccnc2)cn1. The molecule has 0 spiro atoms. The van der Waals surface area contributed by atoms with Gasteiger partial charge < -0.3 is 20.3 Å². The van der Waals surface area contributed by atoms with Crippen molar-refractivity contribution in [2.45, 2.75) is 13.0 Å². The van der Waals surface area contributed by atoms with Gasteiger partial charge in [-0.05, 0) is 12.1 Å². The van der Waals surface area contributed by atoms with Crippen molar-refractivity contribution in [2.75, 3.05) is 11.9 Å². The molecule has 0 aliphatic rings. The van der Waals surface area contributed by atoms with E-state index in [1.165, 1.54) is 6.20 Å². The van der Waals surface area contributed by atoms with Crippen molar-refractivity contribution in [1.82, 2.24) is 19.9 Å². The Morgan fingerprint density at radius 3 is 2.81 bits per heavy atom. The number of pyridine rings is 1. The summed E-state index contributed by atoms with van der Waals surface area (Å²) in [5.41, 5.74) is 0.942. The van der Waals surface area contributed by atoms with Gasteiger partial charge in [0.1, 0.15) is 0 Å².